The number of aromatic nitrogens is 6. The van der Waals surface area contributed by atoms with Gasteiger partial charge in [-0.05, 0) is 50.1 Å². The Kier molecular flexibility index (Phi) is 7.99. The maximum atomic E-state index is 13.6. The molecule has 1 aliphatic rings. The zero-order chi connectivity index (χ0) is 30.4. The topological polar surface area (TPSA) is 79.9 Å². The Morgan fingerprint density at radius 3 is 2.58 bits per heavy atom. The summed E-state index contributed by atoms with van der Waals surface area (Å²) in [5, 5.41) is 4.78. The number of rotatable bonds is 9. The van der Waals surface area contributed by atoms with Crippen LogP contribution >= 0.6 is 11.6 Å². The van der Waals surface area contributed by atoms with Crippen LogP contribution in [0.1, 0.15) is 37.5 Å². The molecule has 0 radical (unpaired) electrons. The number of hydrogen-bond donors (Lipinski definition) is 0. The number of fused-ring (bicyclic) bond motifs is 2. The third-order valence-corrected chi connectivity index (χ3v) is 10.0. The Hall–Kier alpha value is -3.41. The lowest BCUT2D eigenvalue weighted by atomic mass is 9.92. The maximum absolute atomic E-state index is 13.6. The summed E-state index contributed by atoms with van der Waals surface area (Å²) in [6.07, 6.45) is 5.73. The zero-order valence-corrected chi connectivity index (χ0v) is 26.5. The maximum Gasteiger partial charge on any atom is 0.248 e. The van der Waals surface area contributed by atoms with Crippen molar-refractivity contribution in [1.29, 1.82) is 0 Å². The monoisotopic (exact) mass is 624 g/mol. The van der Waals surface area contributed by atoms with Crippen molar-refractivity contribution in [2.24, 2.45) is 0 Å². The van der Waals surface area contributed by atoms with Crippen molar-refractivity contribution in [3.63, 3.8) is 0 Å². The minimum atomic E-state index is -2.58. The van der Waals surface area contributed by atoms with E-state index in [1.807, 2.05) is 42.0 Å². The van der Waals surface area contributed by atoms with Gasteiger partial charge in [-0.25, -0.2) is 18.7 Å². The van der Waals surface area contributed by atoms with Gasteiger partial charge in [0.2, 0.25) is 5.92 Å². The molecule has 0 N–H and O–H groups in total. The molecule has 12 heteroatoms. The molecule has 0 amide bonds. The van der Waals surface area contributed by atoms with Crippen molar-refractivity contribution >= 4 is 41.7 Å². The highest BCUT2D eigenvalue weighted by atomic mass is 35.5. The van der Waals surface area contributed by atoms with Crippen LogP contribution in [0, 0.1) is 6.92 Å². The fraction of sp³-hybridized carbons (Fsp3) is 0.419. The summed E-state index contributed by atoms with van der Waals surface area (Å²) in [5.41, 5.74) is 4.24. The molecule has 0 unspecified atom stereocenters. The standard InChI is InChI=1S/C31H35ClF2N6O2Si/c1-20-37-24-6-5-23(15-27(24)39(20)19-41-13-14-43(2,3)4)42-28-8-7-25-30(29(28)32)38-26(17-35-25)21-16-36-40(18-21)22-9-11-31(33,34)12-10-22/h5-8,15-18,22H,9-14,19H2,1-4H3. The summed E-state index contributed by atoms with van der Waals surface area (Å²) < 4.78 is 43.3. The van der Waals surface area contributed by atoms with Gasteiger partial charge in [-0.15, -0.1) is 0 Å². The first-order valence-corrected chi connectivity index (χ1v) is 18.6. The third kappa shape index (κ3) is 6.58. The first-order valence-electron chi connectivity index (χ1n) is 14.6. The summed E-state index contributed by atoms with van der Waals surface area (Å²) >= 11 is 6.83. The number of nitrogens with zero attached hydrogens (tertiary/aromatic N) is 6. The number of imidazole rings is 1. The summed E-state index contributed by atoms with van der Waals surface area (Å²) in [6, 6.07) is 10.4. The van der Waals surface area contributed by atoms with Gasteiger partial charge in [0.15, 0.2) is 0 Å². The molecule has 3 aromatic heterocycles. The number of aryl methyl sites for hydroxylation is 1. The Morgan fingerprint density at radius 2 is 1.81 bits per heavy atom. The van der Waals surface area contributed by atoms with Crippen molar-refractivity contribution in [3.8, 4) is 22.8 Å². The Balaban J connectivity index is 1.22. The van der Waals surface area contributed by atoms with Crippen LogP contribution in [-0.4, -0.2) is 49.9 Å². The summed E-state index contributed by atoms with van der Waals surface area (Å²) in [6.45, 7) is 10.1. The van der Waals surface area contributed by atoms with E-state index in [1.54, 1.807) is 23.1 Å². The van der Waals surface area contributed by atoms with Crippen LogP contribution in [0.5, 0.6) is 11.5 Å². The molecule has 226 valence electrons. The quantitative estimate of drug-likeness (QED) is 0.121. The van der Waals surface area contributed by atoms with Crippen molar-refractivity contribution < 1.29 is 18.3 Å². The highest BCUT2D eigenvalue weighted by Gasteiger charge is 2.35. The molecule has 8 nitrogen and oxygen atoms in total. The average molecular weight is 625 g/mol. The number of halogens is 3. The second-order valence-electron chi connectivity index (χ2n) is 12.5. The first-order chi connectivity index (χ1) is 20.5. The van der Waals surface area contributed by atoms with Gasteiger partial charge in [-0.3, -0.25) is 9.67 Å². The smallest absolute Gasteiger partial charge is 0.248 e. The predicted octanol–water partition coefficient (Wildman–Crippen LogP) is 8.66. The van der Waals surface area contributed by atoms with E-state index in [9.17, 15) is 8.78 Å². The first kappa shape index (κ1) is 29.6. The van der Waals surface area contributed by atoms with Crippen LogP contribution < -0.4 is 4.74 Å². The van der Waals surface area contributed by atoms with Crippen LogP contribution in [0.2, 0.25) is 30.7 Å². The summed E-state index contributed by atoms with van der Waals surface area (Å²) in [5.74, 6) is -0.648. The minimum absolute atomic E-state index is 0.0560. The van der Waals surface area contributed by atoms with Gasteiger partial charge in [-0.2, -0.15) is 5.10 Å². The molecule has 0 bridgehead atoms. The van der Waals surface area contributed by atoms with E-state index in [4.69, 9.17) is 26.1 Å². The molecule has 0 atom stereocenters. The molecule has 43 heavy (non-hydrogen) atoms. The molecule has 0 aliphatic heterocycles. The minimum Gasteiger partial charge on any atom is -0.456 e. The van der Waals surface area contributed by atoms with Gasteiger partial charge >= 0.3 is 0 Å². The molecule has 3 heterocycles. The molecule has 6 rings (SSSR count). The van der Waals surface area contributed by atoms with Crippen LogP contribution in [0.4, 0.5) is 8.78 Å². The van der Waals surface area contributed by atoms with Gasteiger partial charge in [0, 0.05) is 45.3 Å². The normalized spacial score (nSPS) is 15.9. The lowest BCUT2D eigenvalue weighted by Crippen LogP contribution is -2.26. The molecular weight excluding hydrogens is 590 g/mol. The molecular formula is C31H35ClF2N6O2Si. The van der Waals surface area contributed by atoms with E-state index >= 15 is 0 Å². The number of hydrogen-bond acceptors (Lipinski definition) is 6. The number of ether oxygens (including phenoxy) is 2. The highest BCUT2D eigenvalue weighted by Crippen LogP contribution is 2.39. The Morgan fingerprint density at radius 1 is 1.05 bits per heavy atom. The molecule has 0 saturated heterocycles. The molecule has 1 saturated carbocycles. The Labute approximate surface area is 255 Å². The van der Waals surface area contributed by atoms with Gasteiger partial charge < -0.3 is 14.0 Å². The fourth-order valence-electron chi connectivity index (χ4n) is 5.31. The Bertz CT molecular complexity index is 1770. The highest BCUT2D eigenvalue weighted by molar-refractivity contribution is 6.76. The molecule has 1 fully saturated rings. The van der Waals surface area contributed by atoms with Crippen molar-refractivity contribution in [2.75, 3.05) is 6.61 Å². The lowest BCUT2D eigenvalue weighted by Gasteiger charge is -2.28. The van der Waals surface area contributed by atoms with Crippen LogP contribution in [-0.2, 0) is 11.5 Å². The van der Waals surface area contributed by atoms with E-state index in [0.717, 1.165) is 35.1 Å². The SMILES string of the molecule is Cc1nc2ccc(Oc3ccc4ncc(-c5cnn(C6CCC(F)(F)CC6)c5)nc4c3Cl)cc2n1COCC[Si](C)(C)C. The number of benzene rings is 2. The molecule has 5 aromatic rings. The van der Waals surface area contributed by atoms with E-state index in [1.165, 1.54) is 0 Å². The number of alkyl halides is 2. The predicted molar refractivity (Wildman–Crippen MR) is 167 cm³/mol. The second-order valence-corrected chi connectivity index (χ2v) is 18.5. The molecule has 0 spiro atoms. The van der Waals surface area contributed by atoms with E-state index < -0.39 is 14.0 Å². The van der Waals surface area contributed by atoms with Gasteiger partial charge in [0.25, 0.3) is 0 Å². The fourth-order valence-corrected chi connectivity index (χ4v) is 6.31. The van der Waals surface area contributed by atoms with Crippen molar-refractivity contribution in [1.82, 2.24) is 29.3 Å². The van der Waals surface area contributed by atoms with E-state index in [0.29, 0.717) is 52.8 Å². The molecule has 2 aromatic carbocycles. The second kappa shape index (κ2) is 11.6. The van der Waals surface area contributed by atoms with Crippen molar-refractivity contribution in [2.45, 2.75) is 77.0 Å². The third-order valence-electron chi connectivity index (χ3n) is 7.93. The lowest BCUT2D eigenvalue weighted by molar-refractivity contribution is -0.0449. The summed E-state index contributed by atoms with van der Waals surface area (Å²) in [4.78, 5) is 14.0. The van der Waals surface area contributed by atoms with Crippen LogP contribution in [0.25, 0.3) is 33.3 Å². The van der Waals surface area contributed by atoms with Gasteiger partial charge in [0.05, 0.1) is 40.7 Å². The van der Waals surface area contributed by atoms with Crippen molar-refractivity contribution in [3.05, 3.63) is 59.8 Å². The average Bonchev–Trinajstić information content (AvgIpc) is 3.56. The van der Waals surface area contributed by atoms with Crippen LogP contribution in [0.3, 0.4) is 0 Å². The van der Waals surface area contributed by atoms with Gasteiger partial charge in [-0.1, -0.05) is 31.2 Å². The van der Waals surface area contributed by atoms with E-state index in [-0.39, 0.29) is 18.9 Å². The van der Waals surface area contributed by atoms with Gasteiger partial charge in [0.1, 0.15) is 34.6 Å². The van der Waals surface area contributed by atoms with E-state index in [2.05, 4.69) is 34.7 Å². The zero-order valence-electron chi connectivity index (χ0n) is 24.8. The largest absolute Gasteiger partial charge is 0.456 e. The molecule has 1 aliphatic carbocycles. The van der Waals surface area contributed by atoms with Crippen LogP contribution in [0.15, 0.2) is 48.9 Å². The summed E-state index contributed by atoms with van der Waals surface area (Å²) in [7, 11) is -1.18.